The van der Waals surface area contributed by atoms with Crippen molar-refractivity contribution in [2.24, 2.45) is 0 Å². The first-order valence-corrected chi connectivity index (χ1v) is 5.11. The number of ether oxygens (including phenoxy) is 1. The third-order valence-electron chi connectivity index (χ3n) is 1.93. The van der Waals surface area contributed by atoms with E-state index < -0.39 is 18.3 Å². The van der Waals surface area contributed by atoms with Crippen LogP contribution in [0.25, 0.3) is 0 Å². The summed E-state index contributed by atoms with van der Waals surface area (Å²) >= 11 is 0. The average molecular weight is 238 g/mol. The van der Waals surface area contributed by atoms with Gasteiger partial charge in [-0.1, -0.05) is 0 Å². The molecule has 1 N–H and O–H groups in total. The highest BCUT2D eigenvalue weighted by atomic mass is 19.4. The second-order valence-electron chi connectivity index (χ2n) is 3.85. The van der Waals surface area contributed by atoms with Crippen LogP contribution in [0.5, 0.6) is 0 Å². The largest absolute Gasteiger partial charge is 0.414 e. The van der Waals surface area contributed by atoms with E-state index in [-0.39, 0.29) is 19.1 Å². The molecule has 2 atom stereocenters. The molecular weight excluding hydrogens is 221 g/mol. The van der Waals surface area contributed by atoms with E-state index in [9.17, 15) is 13.2 Å². The fourth-order valence-electron chi connectivity index (χ4n) is 1.04. The molecule has 94 valence electrons. The summed E-state index contributed by atoms with van der Waals surface area (Å²) < 4.78 is 40.8. The lowest BCUT2D eigenvalue weighted by molar-refractivity contribution is -0.214. The molecule has 0 spiro atoms. The van der Waals surface area contributed by atoms with Gasteiger partial charge in [-0.05, 0) is 27.2 Å². The van der Waals surface area contributed by atoms with Crippen molar-refractivity contribution in [3.8, 4) is 6.07 Å². The Morgan fingerprint density at radius 2 is 1.88 bits per heavy atom. The molecule has 0 saturated heterocycles. The quantitative estimate of drug-likeness (QED) is 0.771. The third kappa shape index (κ3) is 6.64. The second kappa shape index (κ2) is 6.71. The minimum Gasteiger partial charge on any atom is -0.369 e. The molecule has 16 heavy (non-hydrogen) atoms. The number of nitriles is 1. The predicted molar refractivity (Wildman–Crippen MR) is 53.8 cm³/mol. The second-order valence-corrected chi connectivity index (χ2v) is 3.85. The van der Waals surface area contributed by atoms with Crippen LogP contribution in [0.3, 0.4) is 0 Å². The van der Waals surface area contributed by atoms with Gasteiger partial charge in [0.2, 0.25) is 0 Å². The molecular formula is C10H17F3N2O. The molecule has 6 heteroatoms. The first-order valence-electron chi connectivity index (χ1n) is 5.11. The zero-order chi connectivity index (χ0) is 12.8. The average Bonchev–Trinajstić information content (AvgIpc) is 2.13. The zero-order valence-electron chi connectivity index (χ0n) is 9.64. The van der Waals surface area contributed by atoms with Gasteiger partial charge in [-0.3, -0.25) is 5.32 Å². The van der Waals surface area contributed by atoms with Crippen molar-refractivity contribution in [1.29, 1.82) is 5.26 Å². The normalized spacial score (nSPS) is 15.9. The smallest absolute Gasteiger partial charge is 0.369 e. The van der Waals surface area contributed by atoms with E-state index in [0.717, 1.165) is 6.92 Å². The molecule has 0 aromatic heterocycles. The summed E-state index contributed by atoms with van der Waals surface area (Å²) in [4.78, 5) is 0. The number of halogens is 3. The summed E-state index contributed by atoms with van der Waals surface area (Å²) in [6.45, 7) is 4.60. The van der Waals surface area contributed by atoms with Gasteiger partial charge in [-0.15, -0.1) is 0 Å². The van der Waals surface area contributed by atoms with Crippen LogP contribution in [0.4, 0.5) is 13.2 Å². The predicted octanol–water partition coefficient (Wildman–Crippen LogP) is 2.23. The van der Waals surface area contributed by atoms with E-state index in [2.05, 4.69) is 10.1 Å². The number of nitrogens with one attached hydrogen (secondary N) is 1. The summed E-state index contributed by atoms with van der Waals surface area (Å²) in [6, 6.07) is 1.62. The number of hydrogen-bond donors (Lipinski definition) is 1. The van der Waals surface area contributed by atoms with Crippen molar-refractivity contribution < 1.29 is 17.9 Å². The van der Waals surface area contributed by atoms with Crippen LogP contribution in [0.15, 0.2) is 0 Å². The highest BCUT2D eigenvalue weighted by molar-refractivity contribution is 4.90. The molecule has 0 bridgehead atoms. The Hall–Kier alpha value is -0.800. The zero-order valence-corrected chi connectivity index (χ0v) is 9.64. The standard InChI is InChI=1S/C10H17F3N2O/c1-7(2)15-9(6-14)4-5-16-8(3)10(11,12)13/h7-9,15H,4-5H2,1-3H3. The third-order valence-corrected chi connectivity index (χ3v) is 1.93. The van der Waals surface area contributed by atoms with E-state index in [1.165, 1.54) is 0 Å². The van der Waals surface area contributed by atoms with Gasteiger partial charge in [0.15, 0.2) is 6.10 Å². The lowest BCUT2D eigenvalue weighted by Gasteiger charge is -2.18. The molecule has 2 unspecified atom stereocenters. The van der Waals surface area contributed by atoms with E-state index >= 15 is 0 Å². The molecule has 0 saturated carbocycles. The van der Waals surface area contributed by atoms with Gasteiger partial charge in [0.05, 0.1) is 12.1 Å². The molecule has 0 rings (SSSR count). The number of nitrogens with zero attached hydrogens (tertiary/aromatic N) is 1. The van der Waals surface area contributed by atoms with Crippen LogP contribution in [0, 0.1) is 11.3 Å². The minimum absolute atomic E-state index is 0.0847. The highest BCUT2D eigenvalue weighted by Gasteiger charge is 2.36. The molecule has 3 nitrogen and oxygen atoms in total. The Kier molecular flexibility index (Phi) is 6.38. The van der Waals surface area contributed by atoms with Crippen LogP contribution in [0.1, 0.15) is 27.2 Å². The molecule has 0 fully saturated rings. The maximum atomic E-state index is 12.1. The van der Waals surface area contributed by atoms with Gasteiger partial charge in [0, 0.05) is 12.6 Å². The Balaban J connectivity index is 3.84. The van der Waals surface area contributed by atoms with Gasteiger partial charge >= 0.3 is 6.18 Å². The molecule has 0 aliphatic rings. The summed E-state index contributed by atoms with van der Waals surface area (Å²) in [5.74, 6) is 0. The molecule has 0 heterocycles. The van der Waals surface area contributed by atoms with Gasteiger partial charge in [0.1, 0.15) is 0 Å². The fraction of sp³-hybridized carbons (Fsp3) is 0.900. The summed E-state index contributed by atoms with van der Waals surface area (Å²) in [5, 5.41) is 11.6. The van der Waals surface area contributed by atoms with Crippen molar-refractivity contribution in [2.75, 3.05) is 6.61 Å². The lowest BCUT2D eigenvalue weighted by Crippen LogP contribution is -2.36. The molecule has 0 aromatic carbocycles. The SMILES string of the molecule is CC(C)NC(C#N)CCOC(C)C(F)(F)F. The van der Waals surface area contributed by atoms with Crippen LogP contribution in [-0.2, 0) is 4.74 Å². The maximum Gasteiger partial charge on any atom is 0.414 e. The van der Waals surface area contributed by atoms with Gasteiger partial charge < -0.3 is 4.74 Å². The van der Waals surface area contributed by atoms with Crippen molar-refractivity contribution in [2.45, 2.75) is 51.6 Å². The Labute approximate surface area is 93.6 Å². The Bertz CT molecular complexity index is 235. The molecule has 0 aromatic rings. The number of alkyl halides is 3. The molecule has 0 amide bonds. The summed E-state index contributed by atoms with van der Waals surface area (Å²) in [5.41, 5.74) is 0. The van der Waals surface area contributed by atoms with Gasteiger partial charge in [-0.25, -0.2) is 0 Å². The highest BCUT2D eigenvalue weighted by Crippen LogP contribution is 2.22. The van der Waals surface area contributed by atoms with Crippen molar-refractivity contribution >= 4 is 0 Å². The van der Waals surface area contributed by atoms with Crippen molar-refractivity contribution in [3.63, 3.8) is 0 Å². The van der Waals surface area contributed by atoms with Crippen molar-refractivity contribution in [1.82, 2.24) is 5.32 Å². The first kappa shape index (κ1) is 15.2. The van der Waals surface area contributed by atoms with Crippen LogP contribution < -0.4 is 5.32 Å². The maximum absolute atomic E-state index is 12.1. The van der Waals surface area contributed by atoms with Crippen LogP contribution in [-0.4, -0.2) is 31.0 Å². The molecule has 0 radical (unpaired) electrons. The van der Waals surface area contributed by atoms with E-state index in [4.69, 9.17) is 5.26 Å². The first-order chi connectivity index (χ1) is 7.27. The molecule has 0 aliphatic heterocycles. The van der Waals surface area contributed by atoms with Crippen molar-refractivity contribution in [3.05, 3.63) is 0 Å². The number of rotatable bonds is 6. The number of hydrogen-bond acceptors (Lipinski definition) is 3. The van der Waals surface area contributed by atoms with Crippen LogP contribution in [0.2, 0.25) is 0 Å². The van der Waals surface area contributed by atoms with E-state index in [1.807, 2.05) is 19.9 Å². The topological polar surface area (TPSA) is 45.0 Å². The Morgan fingerprint density at radius 1 is 1.31 bits per heavy atom. The van der Waals surface area contributed by atoms with E-state index in [1.54, 1.807) is 0 Å². The van der Waals surface area contributed by atoms with E-state index in [0.29, 0.717) is 0 Å². The van der Waals surface area contributed by atoms with Crippen LogP contribution >= 0.6 is 0 Å². The summed E-state index contributed by atoms with van der Waals surface area (Å²) in [7, 11) is 0. The monoisotopic (exact) mass is 238 g/mol. The van der Waals surface area contributed by atoms with Gasteiger partial charge in [0.25, 0.3) is 0 Å². The Morgan fingerprint density at radius 3 is 2.25 bits per heavy atom. The summed E-state index contributed by atoms with van der Waals surface area (Å²) in [6.07, 6.45) is -5.88. The molecule has 0 aliphatic carbocycles. The fourth-order valence-corrected chi connectivity index (χ4v) is 1.04. The lowest BCUT2D eigenvalue weighted by atomic mass is 10.2. The van der Waals surface area contributed by atoms with Gasteiger partial charge in [-0.2, -0.15) is 18.4 Å². The minimum atomic E-state index is -4.34.